The van der Waals surface area contributed by atoms with E-state index in [1.807, 2.05) is 0 Å². The molecule has 1 heterocycles. The first kappa shape index (κ1) is 20.3. The fraction of sp³-hybridized carbons (Fsp3) is 0.833. The lowest BCUT2D eigenvalue weighted by molar-refractivity contribution is -0.133. The molecule has 1 aliphatic heterocycles. The quantitative estimate of drug-likeness (QED) is 0.413. The number of hydrogen-bond donors (Lipinski definition) is 2. The predicted molar refractivity (Wildman–Crippen MR) is 85.9 cm³/mol. The van der Waals surface area contributed by atoms with Crippen molar-refractivity contribution in [2.24, 2.45) is 4.99 Å². The van der Waals surface area contributed by atoms with Crippen molar-refractivity contribution in [1.82, 2.24) is 15.5 Å². The molecule has 1 amide bonds. The van der Waals surface area contributed by atoms with E-state index >= 15 is 0 Å². The maximum atomic E-state index is 12.0. The minimum atomic E-state index is -4.20. The first-order valence-electron chi connectivity index (χ1n) is 6.71. The molecule has 0 atom stereocenters. The summed E-state index contributed by atoms with van der Waals surface area (Å²) in [6, 6.07) is 0. The van der Waals surface area contributed by atoms with Crippen LogP contribution in [0.3, 0.4) is 0 Å². The molecule has 0 spiro atoms. The zero-order chi connectivity index (χ0) is 15.0. The minimum Gasteiger partial charge on any atom is -0.356 e. The van der Waals surface area contributed by atoms with E-state index in [9.17, 15) is 18.0 Å². The van der Waals surface area contributed by atoms with E-state index in [-0.39, 0.29) is 48.9 Å². The SMILES string of the molecule is CN=C(NCCC(F)(F)F)NCC(=O)N1CCCCC1.I. The van der Waals surface area contributed by atoms with Crippen molar-refractivity contribution in [3.63, 3.8) is 0 Å². The van der Waals surface area contributed by atoms with E-state index in [1.54, 1.807) is 4.90 Å². The number of piperidine rings is 1. The van der Waals surface area contributed by atoms with Gasteiger partial charge in [0.1, 0.15) is 0 Å². The van der Waals surface area contributed by atoms with Gasteiger partial charge in [-0.25, -0.2) is 0 Å². The largest absolute Gasteiger partial charge is 0.390 e. The normalized spacial score (nSPS) is 16.2. The van der Waals surface area contributed by atoms with Crippen LogP contribution in [0.25, 0.3) is 0 Å². The molecule has 0 radical (unpaired) electrons. The van der Waals surface area contributed by atoms with Crippen molar-refractivity contribution in [3.8, 4) is 0 Å². The molecular weight excluding hydrogens is 400 g/mol. The number of alkyl halides is 3. The van der Waals surface area contributed by atoms with E-state index in [0.717, 1.165) is 32.4 Å². The Labute approximate surface area is 139 Å². The molecule has 0 aliphatic carbocycles. The molecule has 0 unspecified atom stereocenters. The lowest BCUT2D eigenvalue weighted by Gasteiger charge is -2.27. The van der Waals surface area contributed by atoms with Crippen LogP contribution >= 0.6 is 24.0 Å². The Morgan fingerprint density at radius 2 is 1.81 bits per heavy atom. The molecule has 5 nitrogen and oxygen atoms in total. The van der Waals surface area contributed by atoms with Gasteiger partial charge < -0.3 is 15.5 Å². The molecule has 1 fully saturated rings. The molecule has 1 rings (SSSR count). The van der Waals surface area contributed by atoms with Gasteiger partial charge in [-0.2, -0.15) is 13.2 Å². The summed E-state index contributed by atoms with van der Waals surface area (Å²) in [6.45, 7) is 1.29. The number of carbonyl (C=O) groups excluding carboxylic acids is 1. The number of nitrogens with one attached hydrogen (secondary N) is 2. The van der Waals surface area contributed by atoms with Crippen LogP contribution in [-0.4, -0.2) is 56.2 Å². The highest BCUT2D eigenvalue weighted by atomic mass is 127. The Bertz CT molecular complexity index is 344. The maximum absolute atomic E-state index is 12.0. The lowest BCUT2D eigenvalue weighted by Crippen LogP contribution is -2.46. The van der Waals surface area contributed by atoms with Crippen molar-refractivity contribution in [2.45, 2.75) is 31.9 Å². The first-order chi connectivity index (χ1) is 9.42. The van der Waals surface area contributed by atoms with E-state index in [2.05, 4.69) is 15.6 Å². The Morgan fingerprint density at radius 1 is 1.19 bits per heavy atom. The number of nitrogens with zero attached hydrogens (tertiary/aromatic N) is 2. The second kappa shape index (κ2) is 10.1. The molecular formula is C12H22F3IN4O. The fourth-order valence-corrected chi connectivity index (χ4v) is 1.96. The summed E-state index contributed by atoms with van der Waals surface area (Å²) in [5.74, 6) is 0.156. The molecule has 0 bridgehead atoms. The van der Waals surface area contributed by atoms with Gasteiger partial charge in [0.2, 0.25) is 5.91 Å². The molecule has 1 saturated heterocycles. The zero-order valence-electron chi connectivity index (χ0n) is 12.0. The number of likely N-dealkylation sites (tertiary alicyclic amines) is 1. The Balaban J connectivity index is 0.00000400. The van der Waals surface area contributed by atoms with E-state index in [4.69, 9.17) is 0 Å². The minimum absolute atomic E-state index is 0. The maximum Gasteiger partial charge on any atom is 0.390 e. The molecule has 0 aromatic carbocycles. The van der Waals surface area contributed by atoms with Crippen molar-refractivity contribution >= 4 is 35.8 Å². The highest BCUT2D eigenvalue weighted by molar-refractivity contribution is 14.0. The van der Waals surface area contributed by atoms with Crippen LogP contribution < -0.4 is 10.6 Å². The third kappa shape index (κ3) is 8.99. The molecule has 21 heavy (non-hydrogen) atoms. The Hall–Kier alpha value is -0.740. The summed E-state index contributed by atoms with van der Waals surface area (Å²) in [4.78, 5) is 17.4. The van der Waals surface area contributed by atoms with Gasteiger partial charge in [0.25, 0.3) is 0 Å². The van der Waals surface area contributed by atoms with Gasteiger partial charge in [0.15, 0.2) is 5.96 Å². The Kier molecular flexibility index (Phi) is 9.71. The number of hydrogen-bond acceptors (Lipinski definition) is 2. The monoisotopic (exact) mass is 422 g/mol. The third-order valence-corrected chi connectivity index (χ3v) is 3.04. The van der Waals surface area contributed by atoms with Crippen LogP contribution in [0, 0.1) is 0 Å². The molecule has 0 aromatic heterocycles. The number of aliphatic imine (C=N–C) groups is 1. The topological polar surface area (TPSA) is 56.7 Å². The first-order valence-corrected chi connectivity index (χ1v) is 6.71. The van der Waals surface area contributed by atoms with Crippen molar-refractivity contribution in [3.05, 3.63) is 0 Å². The number of guanidine groups is 1. The summed E-state index contributed by atoms with van der Waals surface area (Å²) in [5, 5.41) is 5.27. The third-order valence-electron chi connectivity index (χ3n) is 3.04. The summed E-state index contributed by atoms with van der Waals surface area (Å²) < 4.78 is 36.0. The molecule has 1 aliphatic rings. The second-order valence-corrected chi connectivity index (χ2v) is 4.66. The number of halogens is 4. The van der Waals surface area contributed by atoms with Crippen LogP contribution in [0.4, 0.5) is 13.2 Å². The predicted octanol–water partition coefficient (Wildman–Crippen LogP) is 1.73. The van der Waals surface area contributed by atoms with E-state index in [0.29, 0.717) is 0 Å². The number of rotatable bonds is 4. The molecule has 0 saturated carbocycles. The number of amides is 1. The van der Waals surface area contributed by atoms with Crippen LogP contribution in [-0.2, 0) is 4.79 Å². The van der Waals surface area contributed by atoms with E-state index in [1.165, 1.54) is 7.05 Å². The van der Waals surface area contributed by atoms with Gasteiger partial charge in [0.05, 0.1) is 13.0 Å². The Morgan fingerprint density at radius 3 is 2.33 bits per heavy atom. The van der Waals surface area contributed by atoms with Crippen LogP contribution in [0.1, 0.15) is 25.7 Å². The summed E-state index contributed by atoms with van der Waals surface area (Å²) in [6.07, 6.45) is -1.99. The van der Waals surface area contributed by atoms with Crippen molar-refractivity contribution in [1.29, 1.82) is 0 Å². The average Bonchev–Trinajstić information content (AvgIpc) is 2.42. The standard InChI is InChI=1S/C12H21F3N4O.HI/c1-16-11(17-6-5-12(13,14)15)18-9-10(20)19-7-3-2-4-8-19;/h2-9H2,1H3,(H2,16,17,18);1H. The fourth-order valence-electron chi connectivity index (χ4n) is 1.96. The van der Waals surface area contributed by atoms with Gasteiger partial charge in [-0.05, 0) is 19.3 Å². The molecule has 9 heteroatoms. The highest BCUT2D eigenvalue weighted by Crippen LogP contribution is 2.18. The van der Waals surface area contributed by atoms with Crippen LogP contribution in [0.2, 0.25) is 0 Å². The summed E-state index contributed by atoms with van der Waals surface area (Å²) in [5.41, 5.74) is 0. The molecule has 124 valence electrons. The van der Waals surface area contributed by atoms with Gasteiger partial charge in [-0.1, -0.05) is 0 Å². The van der Waals surface area contributed by atoms with Gasteiger partial charge in [-0.15, -0.1) is 24.0 Å². The summed E-state index contributed by atoms with van der Waals surface area (Å²) >= 11 is 0. The molecule has 0 aromatic rings. The van der Waals surface area contributed by atoms with Gasteiger partial charge in [-0.3, -0.25) is 9.79 Å². The van der Waals surface area contributed by atoms with Gasteiger partial charge >= 0.3 is 6.18 Å². The van der Waals surface area contributed by atoms with E-state index < -0.39 is 12.6 Å². The smallest absolute Gasteiger partial charge is 0.356 e. The van der Waals surface area contributed by atoms with Crippen molar-refractivity contribution < 1.29 is 18.0 Å². The molecule has 2 N–H and O–H groups in total. The highest BCUT2D eigenvalue weighted by Gasteiger charge is 2.26. The summed E-state index contributed by atoms with van der Waals surface area (Å²) in [7, 11) is 1.45. The zero-order valence-corrected chi connectivity index (χ0v) is 14.3. The number of carbonyl (C=O) groups is 1. The van der Waals surface area contributed by atoms with Crippen LogP contribution in [0.5, 0.6) is 0 Å². The lowest BCUT2D eigenvalue weighted by atomic mass is 10.1. The van der Waals surface area contributed by atoms with Crippen molar-refractivity contribution in [2.75, 3.05) is 33.2 Å². The second-order valence-electron chi connectivity index (χ2n) is 4.66. The average molecular weight is 422 g/mol. The van der Waals surface area contributed by atoms with Crippen LogP contribution in [0.15, 0.2) is 4.99 Å². The van der Waals surface area contributed by atoms with Gasteiger partial charge in [0, 0.05) is 26.7 Å².